The van der Waals surface area contributed by atoms with Crippen LogP contribution >= 0.6 is 11.3 Å². The molecule has 0 radical (unpaired) electrons. The molecule has 0 spiro atoms. The maximum absolute atomic E-state index is 12.8. The van der Waals surface area contributed by atoms with Crippen LogP contribution in [0.15, 0.2) is 12.5 Å². The van der Waals surface area contributed by atoms with Crippen LogP contribution in [0, 0.1) is 5.92 Å². The summed E-state index contributed by atoms with van der Waals surface area (Å²) >= 11 is 1.60. The Kier molecular flexibility index (Phi) is 3.66. The van der Waals surface area contributed by atoms with E-state index in [1.807, 2.05) is 10.6 Å². The van der Waals surface area contributed by atoms with Gasteiger partial charge in [-0.2, -0.15) is 0 Å². The molecule has 0 bridgehead atoms. The molecule has 19 heavy (non-hydrogen) atoms. The van der Waals surface area contributed by atoms with Crippen molar-refractivity contribution in [3.8, 4) is 0 Å². The van der Waals surface area contributed by atoms with Crippen LogP contribution in [0.1, 0.15) is 47.5 Å². The van der Waals surface area contributed by atoms with Crippen LogP contribution < -0.4 is 0 Å². The minimum atomic E-state index is 0.185. The van der Waals surface area contributed by atoms with Crippen LogP contribution in [0.2, 0.25) is 0 Å². The first kappa shape index (κ1) is 12.8. The first-order valence-corrected chi connectivity index (χ1v) is 7.60. The lowest BCUT2D eigenvalue weighted by Gasteiger charge is -2.20. The standard InChI is InChI=1S/C14H18N2O2S/c1-18-8-11-13(16-9-15-7-12(16)19-11)14(17)10-5-3-2-4-6-10/h7,9-10H,2-6,8H2,1H3. The Bertz CT molecular complexity index is 581. The maximum Gasteiger partial charge on any atom is 0.183 e. The van der Waals surface area contributed by atoms with E-state index in [0.717, 1.165) is 28.2 Å². The number of aromatic nitrogens is 2. The SMILES string of the molecule is COCc1sc2cncn2c1C(=O)C1CCCCC1. The van der Waals surface area contributed by atoms with Gasteiger partial charge >= 0.3 is 0 Å². The number of Topliss-reactive ketones (excluding diaryl/α,β-unsaturated/α-hetero) is 1. The van der Waals surface area contributed by atoms with E-state index in [-0.39, 0.29) is 11.7 Å². The van der Waals surface area contributed by atoms with Crippen LogP contribution in [0.3, 0.4) is 0 Å². The maximum atomic E-state index is 12.8. The highest BCUT2D eigenvalue weighted by Crippen LogP contribution is 2.31. The zero-order chi connectivity index (χ0) is 13.2. The molecule has 0 saturated heterocycles. The molecule has 1 saturated carbocycles. The van der Waals surface area contributed by atoms with Gasteiger partial charge in [0.25, 0.3) is 0 Å². The molecule has 5 heteroatoms. The molecule has 4 nitrogen and oxygen atoms in total. The van der Waals surface area contributed by atoms with Gasteiger partial charge in [-0.25, -0.2) is 4.98 Å². The highest BCUT2D eigenvalue weighted by Gasteiger charge is 2.27. The fourth-order valence-electron chi connectivity index (χ4n) is 2.88. The minimum absolute atomic E-state index is 0.185. The molecular weight excluding hydrogens is 260 g/mol. The Balaban J connectivity index is 1.98. The van der Waals surface area contributed by atoms with E-state index < -0.39 is 0 Å². The highest BCUT2D eigenvalue weighted by atomic mass is 32.1. The second kappa shape index (κ2) is 5.43. The molecule has 0 atom stereocenters. The second-order valence-corrected chi connectivity index (χ2v) is 6.22. The largest absolute Gasteiger partial charge is 0.379 e. The fraction of sp³-hybridized carbons (Fsp3) is 0.571. The van der Waals surface area contributed by atoms with Crippen molar-refractivity contribution < 1.29 is 9.53 Å². The molecule has 3 rings (SSSR count). The number of carbonyl (C=O) groups excluding carboxylic acids is 1. The zero-order valence-corrected chi connectivity index (χ0v) is 11.9. The van der Waals surface area contributed by atoms with Crippen molar-refractivity contribution in [1.82, 2.24) is 9.38 Å². The summed E-state index contributed by atoms with van der Waals surface area (Å²) in [5.41, 5.74) is 0.797. The van der Waals surface area contributed by atoms with E-state index in [2.05, 4.69) is 4.98 Å². The van der Waals surface area contributed by atoms with Gasteiger partial charge in [0.05, 0.1) is 17.7 Å². The normalized spacial score (nSPS) is 17.1. The van der Waals surface area contributed by atoms with E-state index in [1.54, 1.807) is 24.8 Å². The number of ether oxygens (including phenoxy) is 1. The lowest BCUT2D eigenvalue weighted by Crippen LogP contribution is -2.20. The Morgan fingerprint density at radius 2 is 2.26 bits per heavy atom. The van der Waals surface area contributed by atoms with Gasteiger partial charge in [-0.1, -0.05) is 19.3 Å². The summed E-state index contributed by atoms with van der Waals surface area (Å²) in [5, 5.41) is 0. The number of thiazole rings is 1. The fourth-order valence-corrected chi connectivity index (χ4v) is 3.95. The summed E-state index contributed by atoms with van der Waals surface area (Å²) in [6.07, 6.45) is 9.20. The highest BCUT2D eigenvalue weighted by molar-refractivity contribution is 7.17. The van der Waals surface area contributed by atoms with E-state index in [1.165, 1.54) is 19.3 Å². The van der Waals surface area contributed by atoms with E-state index in [0.29, 0.717) is 6.61 Å². The van der Waals surface area contributed by atoms with Gasteiger partial charge in [0.1, 0.15) is 16.9 Å². The van der Waals surface area contributed by atoms with E-state index in [4.69, 9.17) is 4.74 Å². The predicted octanol–water partition coefficient (Wildman–Crippen LogP) is 3.31. The number of methoxy groups -OCH3 is 1. The summed E-state index contributed by atoms with van der Waals surface area (Å²) in [6, 6.07) is 0. The molecule has 2 aromatic rings. The van der Waals surface area contributed by atoms with Gasteiger partial charge in [0.15, 0.2) is 5.78 Å². The molecule has 0 unspecified atom stereocenters. The van der Waals surface area contributed by atoms with Gasteiger partial charge in [0, 0.05) is 13.0 Å². The Morgan fingerprint density at radius 3 is 3.00 bits per heavy atom. The van der Waals surface area contributed by atoms with Crippen LogP contribution in [0.5, 0.6) is 0 Å². The topological polar surface area (TPSA) is 43.6 Å². The average molecular weight is 278 g/mol. The third-order valence-electron chi connectivity index (χ3n) is 3.82. The summed E-state index contributed by atoms with van der Waals surface area (Å²) in [7, 11) is 1.67. The molecule has 2 aromatic heterocycles. The van der Waals surface area contributed by atoms with Crippen LogP contribution in [-0.2, 0) is 11.3 Å². The third-order valence-corrected chi connectivity index (χ3v) is 4.89. The molecular formula is C14H18N2O2S. The number of ketones is 1. The Morgan fingerprint density at radius 1 is 1.47 bits per heavy atom. The number of hydrogen-bond donors (Lipinski definition) is 0. The number of carbonyl (C=O) groups is 1. The quantitative estimate of drug-likeness (QED) is 0.806. The van der Waals surface area contributed by atoms with Crippen LogP contribution in [0.4, 0.5) is 0 Å². The summed E-state index contributed by atoms with van der Waals surface area (Å²) < 4.78 is 7.16. The van der Waals surface area contributed by atoms with Crippen molar-refractivity contribution in [3.05, 3.63) is 23.1 Å². The summed E-state index contributed by atoms with van der Waals surface area (Å²) in [6.45, 7) is 0.500. The number of imidazole rings is 1. The lowest BCUT2D eigenvalue weighted by atomic mass is 9.85. The number of hydrogen-bond acceptors (Lipinski definition) is 4. The Labute approximate surface area is 116 Å². The average Bonchev–Trinajstić information content (AvgIpc) is 3.00. The van der Waals surface area contributed by atoms with Gasteiger partial charge in [-0.3, -0.25) is 9.20 Å². The molecule has 0 N–H and O–H groups in total. The van der Waals surface area contributed by atoms with Crippen LogP contribution in [0.25, 0.3) is 4.83 Å². The first-order valence-electron chi connectivity index (χ1n) is 6.78. The molecule has 0 amide bonds. The zero-order valence-electron chi connectivity index (χ0n) is 11.1. The van der Waals surface area contributed by atoms with Crippen molar-refractivity contribution in [3.63, 3.8) is 0 Å². The lowest BCUT2D eigenvalue weighted by molar-refractivity contribution is 0.0879. The van der Waals surface area contributed by atoms with E-state index in [9.17, 15) is 4.79 Å². The molecule has 2 heterocycles. The Hall–Kier alpha value is -1.20. The van der Waals surface area contributed by atoms with E-state index >= 15 is 0 Å². The predicted molar refractivity (Wildman–Crippen MR) is 74.7 cm³/mol. The molecule has 1 aliphatic carbocycles. The van der Waals surface area contributed by atoms with Crippen molar-refractivity contribution in [2.24, 2.45) is 5.92 Å². The first-order chi connectivity index (χ1) is 9.31. The second-order valence-electron chi connectivity index (χ2n) is 5.11. The van der Waals surface area contributed by atoms with Crippen molar-refractivity contribution >= 4 is 22.0 Å². The smallest absolute Gasteiger partial charge is 0.183 e. The molecule has 1 aliphatic rings. The third kappa shape index (κ3) is 2.32. The molecule has 0 aliphatic heterocycles. The van der Waals surface area contributed by atoms with Crippen molar-refractivity contribution in [2.45, 2.75) is 38.7 Å². The van der Waals surface area contributed by atoms with Crippen LogP contribution in [-0.4, -0.2) is 22.3 Å². The minimum Gasteiger partial charge on any atom is -0.379 e. The van der Waals surface area contributed by atoms with Gasteiger partial charge < -0.3 is 4.74 Å². The molecule has 1 fully saturated rings. The van der Waals surface area contributed by atoms with Gasteiger partial charge in [-0.05, 0) is 12.8 Å². The molecule has 0 aromatic carbocycles. The monoisotopic (exact) mass is 278 g/mol. The van der Waals surface area contributed by atoms with Crippen molar-refractivity contribution in [2.75, 3.05) is 7.11 Å². The van der Waals surface area contributed by atoms with Gasteiger partial charge in [0.2, 0.25) is 0 Å². The van der Waals surface area contributed by atoms with Crippen molar-refractivity contribution in [1.29, 1.82) is 0 Å². The molecule has 102 valence electrons. The number of nitrogens with zero attached hydrogens (tertiary/aromatic N) is 2. The van der Waals surface area contributed by atoms with Gasteiger partial charge in [-0.15, -0.1) is 11.3 Å². The number of rotatable bonds is 4. The summed E-state index contributed by atoms with van der Waals surface area (Å²) in [5.74, 6) is 0.459. The summed E-state index contributed by atoms with van der Waals surface area (Å²) in [4.78, 5) is 18.9. The number of fused-ring (bicyclic) bond motifs is 1.